The van der Waals surface area contributed by atoms with Crippen molar-refractivity contribution in [1.29, 1.82) is 0 Å². The lowest BCUT2D eigenvalue weighted by Crippen LogP contribution is -2.12. The second-order valence-electron chi connectivity index (χ2n) is 5.39. The van der Waals surface area contributed by atoms with Crippen LogP contribution in [0, 0.1) is 5.82 Å². The average Bonchev–Trinajstić information content (AvgIpc) is 3.04. The molecule has 0 fully saturated rings. The fourth-order valence-corrected chi connectivity index (χ4v) is 2.98. The number of benzene rings is 2. The Labute approximate surface area is 149 Å². The highest BCUT2D eigenvalue weighted by atomic mass is 35.5. The van der Waals surface area contributed by atoms with Gasteiger partial charge in [0.05, 0.1) is 19.5 Å². The highest BCUT2D eigenvalue weighted by Crippen LogP contribution is 2.24. The van der Waals surface area contributed by atoms with Crippen molar-refractivity contribution in [3.63, 3.8) is 0 Å². The SMILES string of the molecule is Fc1ccc([C@@H](Cn2ccnc2)OCc2cc(Cl)cc(Cl)c2)cc1. The van der Waals surface area contributed by atoms with Crippen LogP contribution in [0.25, 0.3) is 0 Å². The monoisotopic (exact) mass is 364 g/mol. The predicted octanol–water partition coefficient (Wildman–Crippen LogP) is 5.29. The van der Waals surface area contributed by atoms with Gasteiger partial charge in [-0.1, -0.05) is 35.3 Å². The number of ether oxygens (including phenoxy) is 1. The summed E-state index contributed by atoms with van der Waals surface area (Å²) in [6.45, 7) is 0.914. The van der Waals surface area contributed by atoms with Crippen LogP contribution >= 0.6 is 23.2 Å². The lowest BCUT2D eigenvalue weighted by atomic mass is 10.1. The number of nitrogens with zero attached hydrogens (tertiary/aromatic N) is 2. The Balaban J connectivity index is 1.77. The van der Waals surface area contributed by atoms with E-state index in [1.54, 1.807) is 30.7 Å². The first-order chi connectivity index (χ1) is 11.6. The summed E-state index contributed by atoms with van der Waals surface area (Å²) in [7, 11) is 0. The highest BCUT2D eigenvalue weighted by Gasteiger charge is 2.14. The van der Waals surface area contributed by atoms with Crippen LogP contribution in [-0.2, 0) is 17.9 Å². The number of hydrogen-bond donors (Lipinski definition) is 0. The summed E-state index contributed by atoms with van der Waals surface area (Å²) < 4.78 is 21.1. The van der Waals surface area contributed by atoms with Gasteiger partial charge in [0, 0.05) is 22.4 Å². The Morgan fingerprint density at radius 2 is 1.79 bits per heavy atom. The minimum Gasteiger partial charge on any atom is -0.367 e. The standard InChI is InChI=1S/C18H15Cl2FN2O/c19-15-7-13(8-16(20)9-15)11-24-18(10-23-6-5-22-12-23)14-1-3-17(21)4-2-14/h1-9,12,18H,10-11H2/t18-/m1/s1. The van der Waals surface area contributed by atoms with E-state index in [0.717, 1.165) is 11.1 Å². The zero-order chi connectivity index (χ0) is 16.9. The molecule has 0 bridgehead atoms. The van der Waals surface area contributed by atoms with Gasteiger partial charge in [-0.05, 0) is 41.5 Å². The lowest BCUT2D eigenvalue weighted by molar-refractivity contribution is 0.0279. The van der Waals surface area contributed by atoms with E-state index < -0.39 is 0 Å². The molecule has 24 heavy (non-hydrogen) atoms. The Bertz CT molecular complexity index is 771. The van der Waals surface area contributed by atoms with Gasteiger partial charge in [-0.3, -0.25) is 0 Å². The van der Waals surface area contributed by atoms with Crippen LogP contribution in [0.2, 0.25) is 10.0 Å². The molecule has 1 atom stereocenters. The summed E-state index contributed by atoms with van der Waals surface area (Å²) in [5, 5.41) is 1.13. The van der Waals surface area contributed by atoms with Crippen LogP contribution in [0.1, 0.15) is 17.2 Å². The van der Waals surface area contributed by atoms with Gasteiger partial charge in [-0.2, -0.15) is 0 Å². The van der Waals surface area contributed by atoms with Crippen LogP contribution in [0.15, 0.2) is 61.2 Å². The van der Waals surface area contributed by atoms with E-state index >= 15 is 0 Å². The molecule has 0 saturated heterocycles. The second kappa shape index (κ2) is 7.79. The first-order valence-electron chi connectivity index (χ1n) is 7.38. The van der Waals surface area contributed by atoms with Crippen molar-refractivity contribution >= 4 is 23.2 Å². The molecular weight excluding hydrogens is 350 g/mol. The summed E-state index contributed by atoms with van der Waals surface area (Å²) in [5.74, 6) is -0.276. The Morgan fingerprint density at radius 1 is 1.08 bits per heavy atom. The molecule has 0 aliphatic carbocycles. The summed E-state index contributed by atoms with van der Waals surface area (Å²) in [5.41, 5.74) is 1.77. The third-order valence-corrected chi connectivity index (χ3v) is 3.99. The molecular formula is C18H15Cl2FN2O. The molecule has 1 heterocycles. The molecule has 0 saturated carbocycles. The zero-order valence-electron chi connectivity index (χ0n) is 12.7. The third kappa shape index (κ3) is 4.57. The molecule has 3 aromatic rings. The van der Waals surface area contributed by atoms with Gasteiger partial charge < -0.3 is 9.30 Å². The topological polar surface area (TPSA) is 27.1 Å². The van der Waals surface area contributed by atoms with E-state index in [9.17, 15) is 4.39 Å². The molecule has 0 aliphatic heterocycles. The maximum atomic E-state index is 13.2. The molecule has 0 N–H and O–H groups in total. The van der Waals surface area contributed by atoms with E-state index in [-0.39, 0.29) is 11.9 Å². The fourth-order valence-electron chi connectivity index (χ4n) is 2.41. The largest absolute Gasteiger partial charge is 0.367 e. The molecule has 0 spiro atoms. The van der Waals surface area contributed by atoms with Crippen molar-refractivity contribution in [2.75, 3.05) is 0 Å². The molecule has 0 amide bonds. The molecule has 3 rings (SSSR count). The van der Waals surface area contributed by atoms with E-state index in [1.165, 1.54) is 12.1 Å². The number of rotatable bonds is 6. The average molecular weight is 365 g/mol. The van der Waals surface area contributed by atoms with Crippen molar-refractivity contribution in [2.24, 2.45) is 0 Å². The summed E-state index contributed by atoms with van der Waals surface area (Å²) in [6.07, 6.45) is 5.03. The maximum absolute atomic E-state index is 13.2. The van der Waals surface area contributed by atoms with Gasteiger partial charge in [0.25, 0.3) is 0 Å². The van der Waals surface area contributed by atoms with Crippen molar-refractivity contribution in [1.82, 2.24) is 9.55 Å². The van der Waals surface area contributed by atoms with E-state index in [0.29, 0.717) is 23.2 Å². The predicted molar refractivity (Wildman–Crippen MR) is 92.6 cm³/mol. The smallest absolute Gasteiger partial charge is 0.123 e. The molecule has 1 aromatic heterocycles. The molecule has 124 valence electrons. The summed E-state index contributed by atoms with van der Waals surface area (Å²) in [6, 6.07) is 11.6. The number of hydrogen-bond acceptors (Lipinski definition) is 2. The third-order valence-electron chi connectivity index (χ3n) is 3.55. The minimum atomic E-state index is -0.276. The Hall–Kier alpha value is -1.88. The lowest BCUT2D eigenvalue weighted by Gasteiger charge is -2.19. The maximum Gasteiger partial charge on any atom is 0.123 e. The van der Waals surface area contributed by atoms with Crippen LogP contribution in [0.3, 0.4) is 0 Å². The summed E-state index contributed by atoms with van der Waals surface area (Å²) in [4.78, 5) is 4.04. The van der Waals surface area contributed by atoms with Crippen LogP contribution in [0.5, 0.6) is 0 Å². The van der Waals surface area contributed by atoms with Crippen molar-refractivity contribution in [3.05, 3.63) is 88.2 Å². The zero-order valence-corrected chi connectivity index (χ0v) is 14.2. The van der Waals surface area contributed by atoms with Gasteiger partial charge in [0.2, 0.25) is 0 Å². The quantitative estimate of drug-likeness (QED) is 0.594. The van der Waals surface area contributed by atoms with E-state index in [1.807, 2.05) is 22.9 Å². The van der Waals surface area contributed by atoms with Crippen molar-refractivity contribution < 1.29 is 9.13 Å². The first kappa shape index (κ1) is 17.0. The normalized spacial score (nSPS) is 12.3. The molecule has 0 radical (unpaired) electrons. The van der Waals surface area contributed by atoms with E-state index in [4.69, 9.17) is 27.9 Å². The van der Waals surface area contributed by atoms with Crippen LogP contribution < -0.4 is 0 Å². The molecule has 2 aromatic carbocycles. The summed E-state index contributed by atoms with van der Waals surface area (Å²) >= 11 is 12.0. The number of halogens is 3. The van der Waals surface area contributed by atoms with E-state index in [2.05, 4.69) is 4.98 Å². The Kier molecular flexibility index (Phi) is 5.51. The molecule has 0 aliphatic rings. The van der Waals surface area contributed by atoms with Gasteiger partial charge in [-0.15, -0.1) is 0 Å². The molecule has 3 nitrogen and oxygen atoms in total. The van der Waals surface area contributed by atoms with Crippen molar-refractivity contribution in [3.8, 4) is 0 Å². The number of aromatic nitrogens is 2. The van der Waals surface area contributed by atoms with Crippen LogP contribution in [-0.4, -0.2) is 9.55 Å². The first-order valence-corrected chi connectivity index (χ1v) is 8.13. The van der Waals surface area contributed by atoms with Crippen LogP contribution in [0.4, 0.5) is 4.39 Å². The van der Waals surface area contributed by atoms with Gasteiger partial charge in [-0.25, -0.2) is 9.37 Å². The van der Waals surface area contributed by atoms with Gasteiger partial charge >= 0.3 is 0 Å². The number of imidazole rings is 1. The highest BCUT2D eigenvalue weighted by molar-refractivity contribution is 6.34. The van der Waals surface area contributed by atoms with Gasteiger partial charge in [0.15, 0.2) is 0 Å². The van der Waals surface area contributed by atoms with Gasteiger partial charge in [0.1, 0.15) is 11.9 Å². The van der Waals surface area contributed by atoms with Crippen molar-refractivity contribution in [2.45, 2.75) is 19.3 Å². The Morgan fingerprint density at radius 3 is 2.42 bits per heavy atom. The molecule has 0 unspecified atom stereocenters. The second-order valence-corrected chi connectivity index (χ2v) is 6.26. The molecule has 6 heteroatoms. The fraction of sp³-hybridized carbons (Fsp3) is 0.167. The minimum absolute atomic E-state index is 0.252.